The number of hydrogen-bond donors (Lipinski definition) is 1. The summed E-state index contributed by atoms with van der Waals surface area (Å²) in [5, 5.41) is 4.32. The van der Waals surface area contributed by atoms with Gasteiger partial charge in [0.1, 0.15) is 17.1 Å². The summed E-state index contributed by atoms with van der Waals surface area (Å²) >= 11 is 0. The normalized spacial score (nSPS) is 14.0. The Bertz CT molecular complexity index is 670. The number of nitrogens with zero attached hydrogens (tertiary/aromatic N) is 1. The fourth-order valence-corrected chi connectivity index (χ4v) is 3.07. The number of fused-ring (bicyclic) bond motifs is 2. The van der Waals surface area contributed by atoms with Crippen molar-refractivity contribution in [1.82, 2.24) is 4.98 Å². The molecule has 0 amide bonds. The van der Waals surface area contributed by atoms with Crippen LogP contribution in [0.15, 0.2) is 12.1 Å². The molecule has 1 aliphatic rings. The first-order valence-electron chi connectivity index (χ1n) is 7.67. The number of halogens is 1. The molecule has 0 spiro atoms. The fraction of sp³-hybridized carbons (Fsp3) is 0.471. The number of nitrogens with one attached hydrogen (secondary N) is 1. The zero-order valence-electron chi connectivity index (χ0n) is 12.6. The Morgan fingerprint density at radius 1 is 1.29 bits per heavy atom. The van der Waals surface area contributed by atoms with Gasteiger partial charge in [0.05, 0.1) is 7.11 Å². The van der Waals surface area contributed by atoms with Gasteiger partial charge >= 0.3 is 0 Å². The minimum atomic E-state index is -0.281. The molecule has 0 saturated heterocycles. The molecule has 2 aromatic rings. The van der Waals surface area contributed by atoms with Crippen LogP contribution in [0, 0.1) is 5.82 Å². The van der Waals surface area contributed by atoms with Crippen LogP contribution < -0.4 is 10.1 Å². The standard InChI is InChI=1S/C17H21FN2O/c1-3-8-19-16-12-6-4-5-7-14(12)20-17-13(16)9-11(18)10-15(17)21-2/h9-10H,3-8H2,1-2H3,(H,19,20). The van der Waals surface area contributed by atoms with Crippen molar-refractivity contribution in [3.8, 4) is 5.75 Å². The second-order valence-electron chi connectivity index (χ2n) is 5.55. The molecule has 0 atom stereocenters. The van der Waals surface area contributed by atoms with Gasteiger partial charge in [-0.05, 0) is 43.7 Å². The van der Waals surface area contributed by atoms with E-state index in [0.29, 0.717) is 5.75 Å². The molecule has 0 radical (unpaired) electrons. The molecule has 4 heteroatoms. The summed E-state index contributed by atoms with van der Waals surface area (Å²) in [7, 11) is 1.56. The Balaban J connectivity index is 2.28. The number of ether oxygens (including phenoxy) is 1. The second kappa shape index (κ2) is 5.88. The molecule has 0 saturated carbocycles. The van der Waals surface area contributed by atoms with Crippen molar-refractivity contribution in [1.29, 1.82) is 0 Å². The Hall–Kier alpha value is -1.84. The van der Waals surface area contributed by atoms with Crippen molar-refractivity contribution in [3.63, 3.8) is 0 Å². The summed E-state index contributed by atoms with van der Waals surface area (Å²) in [6.07, 6.45) is 5.39. The molecular weight excluding hydrogens is 267 g/mol. The monoisotopic (exact) mass is 288 g/mol. The van der Waals surface area contributed by atoms with E-state index in [0.717, 1.165) is 48.1 Å². The van der Waals surface area contributed by atoms with Crippen molar-refractivity contribution >= 4 is 16.6 Å². The number of aryl methyl sites for hydroxylation is 1. The van der Waals surface area contributed by atoms with Crippen LogP contribution in [-0.4, -0.2) is 18.6 Å². The summed E-state index contributed by atoms with van der Waals surface area (Å²) in [5.74, 6) is 0.231. The van der Waals surface area contributed by atoms with Crippen LogP contribution in [-0.2, 0) is 12.8 Å². The summed E-state index contributed by atoms with van der Waals surface area (Å²) in [6.45, 7) is 3.01. The lowest BCUT2D eigenvalue weighted by atomic mass is 9.92. The van der Waals surface area contributed by atoms with Gasteiger partial charge in [-0.1, -0.05) is 6.92 Å². The van der Waals surface area contributed by atoms with E-state index in [1.165, 1.54) is 24.5 Å². The molecule has 0 fully saturated rings. The van der Waals surface area contributed by atoms with Gasteiger partial charge < -0.3 is 10.1 Å². The highest BCUT2D eigenvalue weighted by atomic mass is 19.1. The summed E-state index contributed by atoms with van der Waals surface area (Å²) in [5.41, 5.74) is 4.21. The zero-order valence-corrected chi connectivity index (χ0v) is 12.6. The molecule has 21 heavy (non-hydrogen) atoms. The van der Waals surface area contributed by atoms with Crippen LogP contribution in [0.4, 0.5) is 10.1 Å². The Morgan fingerprint density at radius 3 is 2.86 bits per heavy atom. The largest absolute Gasteiger partial charge is 0.494 e. The van der Waals surface area contributed by atoms with Gasteiger partial charge in [-0.15, -0.1) is 0 Å². The topological polar surface area (TPSA) is 34.2 Å². The predicted molar refractivity (Wildman–Crippen MR) is 83.7 cm³/mol. The highest BCUT2D eigenvalue weighted by Gasteiger charge is 2.20. The number of rotatable bonds is 4. The minimum Gasteiger partial charge on any atom is -0.494 e. The molecule has 112 valence electrons. The summed E-state index contributed by atoms with van der Waals surface area (Å²) in [4.78, 5) is 4.76. The van der Waals surface area contributed by atoms with Gasteiger partial charge in [-0.2, -0.15) is 0 Å². The molecule has 1 aliphatic carbocycles. The van der Waals surface area contributed by atoms with Crippen LogP contribution in [0.2, 0.25) is 0 Å². The number of benzene rings is 1. The zero-order chi connectivity index (χ0) is 14.8. The molecule has 3 rings (SSSR count). The molecule has 1 aromatic heterocycles. The maximum absolute atomic E-state index is 13.9. The third-order valence-corrected chi connectivity index (χ3v) is 4.07. The third kappa shape index (κ3) is 2.55. The van der Waals surface area contributed by atoms with E-state index in [4.69, 9.17) is 9.72 Å². The van der Waals surface area contributed by atoms with Gasteiger partial charge in [0.2, 0.25) is 0 Å². The van der Waals surface area contributed by atoms with Crippen molar-refractivity contribution in [3.05, 3.63) is 29.2 Å². The fourth-order valence-electron chi connectivity index (χ4n) is 3.07. The highest BCUT2D eigenvalue weighted by molar-refractivity contribution is 5.97. The lowest BCUT2D eigenvalue weighted by molar-refractivity contribution is 0.415. The Labute approximate surface area is 124 Å². The van der Waals surface area contributed by atoms with Crippen molar-refractivity contribution in [2.24, 2.45) is 0 Å². The number of methoxy groups -OCH3 is 1. The highest BCUT2D eigenvalue weighted by Crippen LogP contribution is 2.37. The van der Waals surface area contributed by atoms with Crippen LogP contribution in [0.1, 0.15) is 37.4 Å². The van der Waals surface area contributed by atoms with Crippen LogP contribution >= 0.6 is 0 Å². The first-order valence-corrected chi connectivity index (χ1v) is 7.67. The van der Waals surface area contributed by atoms with E-state index < -0.39 is 0 Å². The van der Waals surface area contributed by atoms with E-state index in [9.17, 15) is 4.39 Å². The minimum absolute atomic E-state index is 0.281. The van der Waals surface area contributed by atoms with E-state index in [2.05, 4.69) is 12.2 Å². The van der Waals surface area contributed by atoms with Gasteiger partial charge in [0.15, 0.2) is 0 Å². The summed E-state index contributed by atoms with van der Waals surface area (Å²) < 4.78 is 19.2. The maximum Gasteiger partial charge on any atom is 0.148 e. The molecule has 1 N–H and O–H groups in total. The first kappa shape index (κ1) is 14.1. The lowest BCUT2D eigenvalue weighted by Crippen LogP contribution is -2.12. The lowest BCUT2D eigenvalue weighted by Gasteiger charge is -2.22. The van der Waals surface area contributed by atoms with Crippen LogP contribution in [0.25, 0.3) is 10.9 Å². The molecule has 3 nitrogen and oxygen atoms in total. The molecule has 1 aromatic carbocycles. The SMILES string of the molecule is CCCNc1c2c(nc3c(OC)cc(F)cc13)CCCC2. The van der Waals surface area contributed by atoms with Gasteiger partial charge in [-0.3, -0.25) is 0 Å². The molecule has 1 heterocycles. The van der Waals surface area contributed by atoms with Crippen LogP contribution in [0.5, 0.6) is 5.75 Å². The first-order chi connectivity index (χ1) is 10.2. The number of hydrogen-bond acceptors (Lipinski definition) is 3. The third-order valence-electron chi connectivity index (χ3n) is 4.07. The average molecular weight is 288 g/mol. The maximum atomic E-state index is 13.9. The van der Waals surface area contributed by atoms with Crippen LogP contribution in [0.3, 0.4) is 0 Å². The molecule has 0 bridgehead atoms. The second-order valence-corrected chi connectivity index (χ2v) is 5.55. The molecule has 0 aliphatic heterocycles. The molecule has 0 unspecified atom stereocenters. The van der Waals surface area contributed by atoms with Gasteiger partial charge in [-0.25, -0.2) is 9.37 Å². The number of aromatic nitrogens is 1. The smallest absolute Gasteiger partial charge is 0.148 e. The van der Waals surface area contributed by atoms with Crippen molar-refractivity contribution in [2.75, 3.05) is 19.0 Å². The van der Waals surface area contributed by atoms with E-state index in [1.807, 2.05) is 0 Å². The predicted octanol–water partition coefficient (Wildman–Crippen LogP) is 4.08. The van der Waals surface area contributed by atoms with Gasteiger partial charge in [0, 0.05) is 29.4 Å². The van der Waals surface area contributed by atoms with Gasteiger partial charge in [0.25, 0.3) is 0 Å². The Morgan fingerprint density at radius 2 is 2.10 bits per heavy atom. The molecular formula is C17H21FN2O. The Kier molecular flexibility index (Phi) is 3.95. The number of pyridine rings is 1. The van der Waals surface area contributed by atoms with E-state index >= 15 is 0 Å². The number of anilines is 1. The van der Waals surface area contributed by atoms with Crippen molar-refractivity contribution in [2.45, 2.75) is 39.0 Å². The average Bonchev–Trinajstić information content (AvgIpc) is 2.51. The van der Waals surface area contributed by atoms with Crippen molar-refractivity contribution < 1.29 is 9.13 Å². The van der Waals surface area contributed by atoms with E-state index in [-0.39, 0.29) is 5.82 Å². The van der Waals surface area contributed by atoms with E-state index in [1.54, 1.807) is 13.2 Å². The summed E-state index contributed by atoms with van der Waals surface area (Å²) in [6, 6.07) is 2.98. The quantitative estimate of drug-likeness (QED) is 0.920.